The normalized spacial score (nSPS) is 16.4. The summed E-state index contributed by atoms with van der Waals surface area (Å²) in [6.45, 7) is 3.80. The second-order valence-corrected chi connectivity index (χ2v) is 5.34. The van der Waals surface area contributed by atoms with Crippen LogP contribution in [0.5, 0.6) is 0 Å². The number of halogens is 2. The van der Waals surface area contributed by atoms with Crippen molar-refractivity contribution in [2.75, 3.05) is 17.7 Å². The maximum atomic E-state index is 13.3. The highest BCUT2D eigenvalue weighted by atomic mass is 35.5. The van der Waals surface area contributed by atoms with Crippen LogP contribution in [0.4, 0.5) is 10.1 Å². The molecule has 0 atom stereocenters. The van der Waals surface area contributed by atoms with Crippen LogP contribution in [0.2, 0.25) is 5.02 Å². The van der Waals surface area contributed by atoms with Crippen molar-refractivity contribution in [3.05, 3.63) is 34.2 Å². The first-order valence-electron chi connectivity index (χ1n) is 5.79. The number of anilines is 1. The first-order valence-corrected chi connectivity index (χ1v) is 7.15. The van der Waals surface area contributed by atoms with Gasteiger partial charge < -0.3 is 10.1 Å². The second kappa shape index (κ2) is 5.84. The summed E-state index contributed by atoms with van der Waals surface area (Å²) < 4.78 is 18.3. The minimum atomic E-state index is -0.440. The molecular weight excluding hydrogens is 289 g/mol. The van der Waals surface area contributed by atoms with Crippen molar-refractivity contribution in [3.8, 4) is 0 Å². The van der Waals surface area contributed by atoms with Crippen LogP contribution in [0.25, 0.3) is 0 Å². The average Bonchev–Trinajstić information content (AvgIpc) is 2.42. The van der Waals surface area contributed by atoms with Gasteiger partial charge in [-0.25, -0.2) is 9.18 Å². The standard InChI is InChI=1S/C13H13ClFNO2S/c1-3-18-13(17)7(2)10-6-19-12-9(16-10)5-4-8(15)11(12)14/h4-5,16H,3,6H2,1-2H3/b10-7+. The van der Waals surface area contributed by atoms with Crippen LogP contribution < -0.4 is 5.32 Å². The molecule has 0 saturated carbocycles. The van der Waals surface area contributed by atoms with Crippen LogP contribution in [-0.2, 0) is 9.53 Å². The van der Waals surface area contributed by atoms with Gasteiger partial charge in [0.25, 0.3) is 0 Å². The quantitative estimate of drug-likeness (QED) is 0.665. The number of rotatable bonds is 2. The molecule has 6 heteroatoms. The third-order valence-electron chi connectivity index (χ3n) is 2.73. The number of esters is 1. The van der Waals surface area contributed by atoms with Crippen molar-refractivity contribution in [2.45, 2.75) is 18.7 Å². The minimum Gasteiger partial charge on any atom is -0.463 e. The summed E-state index contributed by atoms with van der Waals surface area (Å²) in [5.41, 5.74) is 2.00. The van der Waals surface area contributed by atoms with Gasteiger partial charge in [-0.2, -0.15) is 0 Å². The number of nitrogens with one attached hydrogen (secondary N) is 1. The van der Waals surface area contributed by atoms with Gasteiger partial charge in [-0.1, -0.05) is 11.6 Å². The summed E-state index contributed by atoms with van der Waals surface area (Å²) in [4.78, 5) is 12.3. The van der Waals surface area contributed by atoms with Crippen molar-refractivity contribution in [2.24, 2.45) is 0 Å². The van der Waals surface area contributed by atoms with E-state index in [-0.39, 0.29) is 11.0 Å². The Hall–Kier alpha value is -1.20. The van der Waals surface area contributed by atoms with Gasteiger partial charge in [-0.15, -0.1) is 11.8 Å². The highest BCUT2D eigenvalue weighted by Gasteiger charge is 2.21. The van der Waals surface area contributed by atoms with E-state index in [2.05, 4.69) is 5.32 Å². The summed E-state index contributed by atoms with van der Waals surface area (Å²) in [6.07, 6.45) is 0. The van der Waals surface area contributed by atoms with E-state index in [1.807, 2.05) is 0 Å². The summed E-state index contributed by atoms with van der Waals surface area (Å²) in [5, 5.41) is 3.22. The number of carbonyl (C=O) groups is 1. The van der Waals surface area contributed by atoms with Crippen LogP contribution >= 0.6 is 23.4 Å². The Balaban J connectivity index is 2.30. The first kappa shape index (κ1) is 14.2. The number of hydrogen-bond acceptors (Lipinski definition) is 4. The highest BCUT2D eigenvalue weighted by Crippen LogP contribution is 2.41. The number of ether oxygens (including phenoxy) is 1. The van der Waals surface area contributed by atoms with Gasteiger partial charge in [-0.05, 0) is 26.0 Å². The first-order chi connectivity index (χ1) is 9.04. The van der Waals surface area contributed by atoms with E-state index in [4.69, 9.17) is 16.3 Å². The largest absolute Gasteiger partial charge is 0.463 e. The number of thioether (sulfide) groups is 1. The van der Waals surface area contributed by atoms with Crippen LogP contribution in [0, 0.1) is 5.82 Å². The Morgan fingerprint density at radius 1 is 1.58 bits per heavy atom. The summed E-state index contributed by atoms with van der Waals surface area (Å²) in [7, 11) is 0. The molecule has 0 amide bonds. The van der Waals surface area contributed by atoms with Gasteiger partial charge in [0.1, 0.15) is 5.82 Å². The summed E-state index contributed by atoms with van der Waals surface area (Å²) in [5.74, 6) is -0.257. The Bertz CT molecular complexity index is 560. The van der Waals surface area contributed by atoms with E-state index in [1.165, 1.54) is 17.8 Å². The van der Waals surface area contributed by atoms with E-state index in [1.54, 1.807) is 19.9 Å². The molecule has 0 unspecified atom stereocenters. The molecule has 0 aromatic heterocycles. The molecule has 0 saturated heterocycles. The smallest absolute Gasteiger partial charge is 0.335 e. The fraction of sp³-hybridized carbons (Fsp3) is 0.308. The van der Waals surface area contributed by atoms with Crippen molar-refractivity contribution in [1.82, 2.24) is 0 Å². The molecule has 1 aliphatic heterocycles. The molecule has 0 aliphatic carbocycles. The summed E-state index contributed by atoms with van der Waals surface area (Å²) >= 11 is 7.31. The molecule has 0 fully saturated rings. The van der Waals surface area contributed by atoms with E-state index >= 15 is 0 Å². The molecule has 1 aromatic carbocycles. The zero-order valence-corrected chi connectivity index (χ0v) is 12.1. The van der Waals surface area contributed by atoms with Crippen LogP contribution in [-0.4, -0.2) is 18.3 Å². The number of fused-ring (bicyclic) bond motifs is 1. The molecule has 19 heavy (non-hydrogen) atoms. The fourth-order valence-corrected chi connectivity index (χ4v) is 3.08. The maximum absolute atomic E-state index is 13.3. The minimum absolute atomic E-state index is 0.114. The monoisotopic (exact) mass is 301 g/mol. The van der Waals surface area contributed by atoms with Crippen LogP contribution in [0.3, 0.4) is 0 Å². The zero-order valence-electron chi connectivity index (χ0n) is 10.5. The molecule has 3 nitrogen and oxygen atoms in total. The number of benzene rings is 1. The molecule has 1 heterocycles. The second-order valence-electron chi connectivity index (χ2n) is 3.98. The van der Waals surface area contributed by atoms with Crippen LogP contribution in [0.15, 0.2) is 28.3 Å². The predicted octanol–water partition coefficient (Wildman–Crippen LogP) is 3.83. The third kappa shape index (κ3) is 2.87. The molecule has 2 rings (SSSR count). The number of carbonyl (C=O) groups excluding carboxylic acids is 1. The lowest BCUT2D eigenvalue weighted by molar-refractivity contribution is -0.138. The van der Waals surface area contributed by atoms with E-state index in [9.17, 15) is 9.18 Å². The van der Waals surface area contributed by atoms with Crippen molar-refractivity contribution in [1.29, 1.82) is 0 Å². The fourth-order valence-electron chi connectivity index (χ4n) is 1.68. The molecular formula is C13H13ClFNO2S. The molecule has 1 aromatic rings. The third-order valence-corrected chi connectivity index (χ3v) is 4.36. The highest BCUT2D eigenvalue weighted by molar-refractivity contribution is 7.99. The van der Waals surface area contributed by atoms with Gasteiger partial charge in [0.2, 0.25) is 0 Å². The Morgan fingerprint density at radius 2 is 2.32 bits per heavy atom. The van der Waals surface area contributed by atoms with Crippen molar-refractivity contribution < 1.29 is 13.9 Å². The predicted molar refractivity (Wildman–Crippen MR) is 75.1 cm³/mol. The Labute approximate surface area is 120 Å². The van der Waals surface area contributed by atoms with Gasteiger partial charge in [-0.3, -0.25) is 0 Å². The molecule has 102 valence electrons. The molecule has 0 spiro atoms. The van der Waals surface area contributed by atoms with Gasteiger partial charge in [0.05, 0.1) is 27.8 Å². The lowest BCUT2D eigenvalue weighted by atomic mass is 10.2. The van der Waals surface area contributed by atoms with Gasteiger partial charge in [0.15, 0.2) is 0 Å². The summed E-state index contributed by atoms with van der Waals surface area (Å²) in [6, 6.07) is 2.92. The van der Waals surface area contributed by atoms with Gasteiger partial charge in [0, 0.05) is 11.4 Å². The molecule has 0 bridgehead atoms. The maximum Gasteiger partial charge on any atom is 0.335 e. The Morgan fingerprint density at radius 3 is 3.00 bits per heavy atom. The zero-order chi connectivity index (χ0) is 14.0. The van der Waals surface area contributed by atoms with Crippen LogP contribution in [0.1, 0.15) is 13.8 Å². The van der Waals surface area contributed by atoms with Crippen molar-refractivity contribution >= 4 is 35.0 Å². The molecule has 1 N–H and O–H groups in total. The number of hydrogen-bond donors (Lipinski definition) is 1. The van der Waals surface area contributed by atoms with E-state index in [0.29, 0.717) is 28.5 Å². The lowest BCUT2D eigenvalue weighted by Crippen LogP contribution is -2.16. The molecule has 0 radical (unpaired) electrons. The van der Waals surface area contributed by atoms with E-state index < -0.39 is 5.82 Å². The average molecular weight is 302 g/mol. The topological polar surface area (TPSA) is 38.3 Å². The molecule has 1 aliphatic rings. The lowest BCUT2D eigenvalue weighted by Gasteiger charge is -2.22. The van der Waals surface area contributed by atoms with Gasteiger partial charge >= 0.3 is 5.97 Å². The SMILES string of the molecule is CCOC(=O)/C(C)=C1\CSc2c(ccc(F)c2Cl)N1. The van der Waals surface area contributed by atoms with E-state index in [0.717, 1.165) is 5.70 Å². The van der Waals surface area contributed by atoms with Crippen molar-refractivity contribution in [3.63, 3.8) is 0 Å². The Kier molecular flexibility index (Phi) is 4.37.